The SMILES string of the molecule is CCC(C)c1nc(Cc2ccc(-c3ccccc3-c3nn[nH]n3)cc2)n(CC)n1. The number of aromatic nitrogens is 7. The Morgan fingerprint density at radius 2 is 1.76 bits per heavy atom. The first kappa shape index (κ1) is 19.0. The van der Waals surface area contributed by atoms with Gasteiger partial charge in [0.25, 0.3) is 0 Å². The van der Waals surface area contributed by atoms with E-state index in [9.17, 15) is 0 Å². The normalized spacial score (nSPS) is 12.2. The largest absolute Gasteiger partial charge is 0.250 e. The summed E-state index contributed by atoms with van der Waals surface area (Å²) in [4.78, 5) is 4.80. The Labute approximate surface area is 170 Å². The molecule has 7 heteroatoms. The number of tetrazole rings is 1. The molecule has 0 aliphatic rings. The quantitative estimate of drug-likeness (QED) is 0.512. The molecule has 0 bridgehead atoms. The Balaban J connectivity index is 1.60. The third-order valence-electron chi connectivity index (χ3n) is 5.26. The minimum absolute atomic E-state index is 0.380. The zero-order chi connectivity index (χ0) is 20.2. The molecule has 29 heavy (non-hydrogen) atoms. The maximum Gasteiger partial charge on any atom is 0.205 e. The number of H-pyrrole nitrogens is 1. The van der Waals surface area contributed by atoms with E-state index in [1.807, 2.05) is 22.9 Å². The molecule has 0 aliphatic carbocycles. The molecule has 0 amide bonds. The summed E-state index contributed by atoms with van der Waals surface area (Å²) in [5, 5.41) is 19.1. The molecule has 2 heterocycles. The summed E-state index contributed by atoms with van der Waals surface area (Å²) in [6.07, 6.45) is 1.81. The van der Waals surface area contributed by atoms with Crippen LogP contribution in [0.3, 0.4) is 0 Å². The van der Waals surface area contributed by atoms with Gasteiger partial charge < -0.3 is 0 Å². The van der Waals surface area contributed by atoms with E-state index in [2.05, 4.69) is 76.8 Å². The summed E-state index contributed by atoms with van der Waals surface area (Å²) < 4.78 is 2.01. The monoisotopic (exact) mass is 387 g/mol. The molecule has 1 unspecified atom stereocenters. The second kappa shape index (κ2) is 8.34. The summed E-state index contributed by atoms with van der Waals surface area (Å²) >= 11 is 0. The second-order valence-electron chi connectivity index (χ2n) is 7.17. The van der Waals surface area contributed by atoms with Crippen molar-refractivity contribution in [2.24, 2.45) is 0 Å². The average molecular weight is 387 g/mol. The molecule has 0 saturated carbocycles. The van der Waals surface area contributed by atoms with Crippen molar-refractivity contribution in [1.29, 1.82) is 0 Å². The van der Waals surface area contributed by atoms with Crippen LogP contribution in [0.25, 0.3) is 22.5 Å². The minimum Gasteiger partial charge on any atom is -0.250 e. The van der Waals surface area contributed by atoms with E-state index in [-0.39, 0.29) is 0 Å². The molecule has 0 fully saturated rings. The highest BCUT2D eigenvalue weighted by Gasteiger charge is 2.15. The van der Waals surface area contributed by atoms with Gasteiger partial charge in [-0.3, -0.25) is 0 Å². The Hall–Kier alpha value is -3.35. The van der Waals surface area contributed by atoms with Gasteiger partial charge in [0.1, 0.15) is 5.82 Å². The van der Waals surface area contributed by atoms with Gasteiger partial charge in [0.05, 0.1) is 0 Å². The van der Waals surface area contributed by atoms with Gasteiger partial charge in [-0.05, 0) is 35.2 Å². The predicted molar refractivity (Wildman–Crippen MR) is 112 cm³/mol. The Morgan fingerprint density at radius 1 is 1.00 bits per heavy atom. The molecule has 2 aromatic heterocycles. The molecule has 4 aromatic rings. The van der Waals surface area contributed by atoms with Gasteiger partial charge in [0.2, 0.25) is 5.82 Å². The molecule has 0 radical (unpaired) electrons. The number of nitrogens with one attached hydrogen (secondary N) is 1. The minimum atomic E-state index is 0.380. The lowest BCUT2D eigenvalue weighted by molar-refractivity contribution is 0.601. The average Bonchev–Trinajstić information content (AvgIpc) is 3.44. The van der Waals surface area contributed by atoms with Crippen molar-refractivity contribution in [1.82, 2.24) is 35.4 Å². The van der Waals surface area contributed by atoms with Crippen molar-refractivity contribution in [3.63, 3.8) is 0 Å². The van der Waals surface area contributed by atoms with Crippen LogP contribution in [0.4, 0.5) is 0 Å². The van der Waals surface area contributed by atoms with Crippen LogP contribution < -0.4 is 0 Å². The number of aromatic amines is 1. The molecule has 1 atom stereocenters. The number of benzene rings is 2. The van der Waals surface area contributed by atoms with E-state index < -0.39 is 0 Å². The summed E-state index contributed by atoms with van der Waals surface area (Å²) in [6, 6.07) is 16.7. The van der Waals surface area contributed by atoms with E-state index in [0.29, 0.717) is 11.7 Å². The Morgan fingerprint density at radius 3 is 2.41 bits per heavy atom. The van der Waals surface area contributed by atoms with E-state index in [4.69, 9.17) is 4.98 Å². The number of rotatable bonds is 7. The van der Waals surface area contributed by atoms with Crippen LogP contribution in [-0.2, 0) is 13.0 Å². The smallest absolute Gasteiger partial charge is 0.205 e. The first-order chi connectivity index (χ1) is 14.2. The fourth-order valence-corrected chi connectivity index (χ4v) is 3.36. The first-order valence-electron chi connectivity index (χ1n) is 10.0. The molecule has 148 valence electrons. The van der Waals surface area contributed by atoms with Crippen LogP contribution in [0.5, 0.6) is 0 Å². The maximum absolute atomic E-state index is 4.80. The number of nitrogens with zero attached hydrogens (tertiary/aromatic N) is 6. The van der Waals surface area contributed by atoms with Crippen molar-refractivity contribution < 1.29 is 0 Å². The maximum atomic E-state index is 4.80. The van der Waals surface area contributed by atoms with Crippen LogP contribution in [0.2, 0.25) is 0 Å². The molecule has 0 aliphatic heterocycles. The molecule has 7 nitrogen and oxygen atoms in total. The van der Waals surface area contributed by atoms with Gasteiger partial charge in [0.15, 0.2) is 5.82 Å². The summed E-state index contributed by atoms with van der Waals surface area (Å²) in [5.41, 5.74) is 4.36. The van der Waals surface area contributed by atoms with Gasteiger partial charge in [-0.2, -0.15) is 10.3 Å². The third-order valence-corrected chi connectivity index (χ3v) is 5.26. The molecule has 0 spiro atoms. The topological polar surface area (TPSA) is 85.2 Å². The van der Waals surface area contributed by atoms with Crippen LogP contribution in [0, 0.1) is 0 Å². The molecule has 0 saturated heterocycles. The first-order valence-corrected chi connectivity index (χ1v) is 10.0. The van der Waals surface area contributed by atoms with E-state index >= 15 is 0 Å². The molecular weight excluding hydrogens is 362 g/mol. The van der Waals surface area contributed by atoms with E-state index in [1.165, 1.54) is 5.56 Å². The Bertz CT molecular complexity index is 1070. The molecular formula is C22H25N7. The van der Waals surface area contributed by atoms with Crippen molar-refractivity contribution in [2.45, 2.75) is 46.1 Å². The fraction of sp³-hybridized carbons (Fsp3) is 0.318. The summed E-state index contributed by atoms with van der Waals surface area (Å²) in [6.45, 7) is 7.28. The lowest BCUT2D eigenvalue weighted by Crippen LogP contribution is -2.04. The molecule has 2 aromatic carbocycles. The highest BCUT2D eigenvalue weighted by Crippen LogP contribution is 2.30. The van der Waals surface area contributed by atoms with Gasteiger partial charge in [-0.1, -0.05) is 62.4 Å². The van der Waals surface area contributed by atoms with Gasteiger partial charge in [-0.15, -0.1) is 10.2 Å². The summed E-state index contributed by atoms with van der Waals surface area (Å²) in [5.74, 6) is 2.93. The molecule has 4 rings (SSSR count). The number of hydrogen-bond donors (Lipinski definition) is 1. The van der Waals surface area contributed by atoms with Crippen molar-refractivity contribution in [3.05, 3.63) is 65.7 Å². The fourth-order valence-electron chi connectivity index (χ4n) is 3.36. The summed E-state index contributed by atoms with van der Waals surface area (Å²) in [7, 11) is 0. The highest BCUT2D eigenvalue weighted by molar-refractivity contribution is 5.80. The van der Waals surface area contributed by atoms with Crippen LogP contribution in [-0.4, -0.2) is 35.4 Å². The molecule has 1 N–H and O–H groups in total. The Kier molecular flexibility index (Phi) is 5.46. The van der Waals surface area contributed by atoms with Gasteiger partial charge >= 0.3 is 0 Å². The lowest BCUT2D eigenvalue weighted by Gasteiger charge is -2.08. The number of hydrogen-bond acceptors (Lipinski definition) is 5. The van der Waals surface area contributed by atoms with Crippen LogP contribution in [0.1, 0.15) is 50.3 Å². The van der Waals surface area contributed by atoms with E-state index in [0.717, 1.165) is 47.7 Å². The zero-order valence-corrected chi connectivity index (χ0v) is 17.0. The van der Waals surface area contributed by atoms with Gasteiger partial charge in [-0.25, -0.2) is 9.67 Å². The third kappa shape index (κ3) is 3.94. The second-order valence-corrected chi connectivity index (χ2v) is 7.17. The predicted octanol–water partition coefficient (Wildman–Crippen LogP) is 4.25. The number of aryl methyl sites for hydroxylation is 1. The van der Waals surface area contributed by atoms with Crippen molar-refractivity contribution in [2.75, 3.05) is 0 Å². The van der Waals surface area contributed by atoms with Gasteiger partial charge in [0, 0.05) is 24.4 Å². The van der Waals surface area contributed by atoms with Crippen LogP contribution in [0.15, 0.2) is 48.5 Å². The van der Waals surface area contributed by atoms with Crippen molar-refractivity contribution >= 4 is 0 Å². The highest BCUT2D eigenvalue weighted by atomic mass is 15.5. The standard InChI is InChI=1S/C22H25N7/c1-4-15(3)21-23-20(29(5-2)26-21)14-16-10-12-17(13-11-16)18-8-6-7-9-19(18)22-24-27-28-25-22/h6-13,15H,4-5,14H2,1-3H3,(H,24,25,27,28). The lowest BCUT2D eigenvalue weighted by atomic mass is 9.98. The zero-order valence-electron chi connectivity index (χ0n) is 17.0. The van der Waals surface area contributed by atoms with Crippen LogP contribution >= 0.6 is 0 Å². The van der Waals surface area contributed by atoms with E-state index in [1.54, 1.807) is 0 Å². The van der Waals surface area contributed by atoms with Crippen molar-refractivity contribution in [3.8, 4) is 22.5 Å².